The van der Waals surface area contributed by atoms with Gasteiger partial charge in [0.15, 0.2) is 11.5 Å². The molecule has 3 amide bonds. The van der Waals surface area contributed by atoms with Crippen LogP contribution in [0, 0.1) is 0 Å². The molecule has 23 heavy (non-hydrogen) atoms. The van der Waals surface area contributed by atoms with E-state index in [9.17, 15) is 14.4 Å². The lowest BCUT2D eigenvalue weighted by Crippen LogP contribution is -2.41. The predicted molar refractivity (Wildman–Crippen MR) is 79.7 cm³/mol. The van der Waals surface area contributed by atoms with Crippen LogP contribution in [0.5, 0.6) is 0 Å². The highest BCUT2D eigenvalue weighted by molar-refractivity contribution is 5.94. The van der Waals surface area contributed by atoms with Gasteiger partial charge in [0.1, 0.15) is 0 Å². The van der Waals surface area contributed by atoms with E-state index in [2.05, 4.69) is 10.6 Å². The van der Waals surface area contributed by atoms with Gasteiger partial charge >= 0.3 is 0 Å². The molecule has 2 N–H and O–H groups in total. The zero-order valence-electron chi connectivity index (χ0n) is 12.6. The summed E-state index contributed by atoms with van der Waals surface area (Å²) < 4.78 is 9.91. The second-order valence-corrected chi connectivity index (χ2v) is 4.72. The molecule has 2 aromatic rings. The van der Waals surface area contributed by atoms with Crippen molar-refractivity contribution in [3.8, 4) is 0 Å². The minimum absolute atomic E-state index is 0.105. The van der Waals surface area contributed by atoms with Crippen LogP contribution in [-0.2, 0) is 4.79 Å². The fraction of sp³-hybridized carbons (Fsp3) is 0.267. The first kappa shape index (κ1) is 16.3. The number of nitrogens with one attached hydrogen (secondary N) is 2. The lowest BCUT2D eigenvalue weighted by atomic mass is 10.4. The maximum Gasteiger partial charge on any atom is 0.289 e. The van der Waals surface area contributed by atoms with Crippen molar-refractivity contribution < 1.29 is 23.2 Å². The summed E-state index contributed by atoms with van der Waals surface area (Å²) in [4.78, 5) is 36.4. The summed E-state index contributed by atoms with van der Waals surface area (Å²) in [7, 11) is 1.50. The summed E-state index contributed by atoms with van der Waals surface area (Å²) in [6.45, 7) is 0.390. The highest BCUT2D eigenvalue weighted by atomic mass is 16.3. The molecule has 0 bridgehead atoms. The van der Waals surface area contributed by atoms with Crippen molar-refractivity contribution in [2.45, 2.75) is 0 Å². The molecule has 0 aromatic carbocycles. The molecular weight excluding hydrogens is 302 g/mol. The lowest BCUT2D eigenvalue weighted by Gasteiger charge is -2.15. The van der Waals surface area contributed by atoms with Crippen LogP contribution in [0.3, 0.4) is 0 Å². The van der Waals surface area contributed by atoms with Gasteiger partial charge in [-0.25, -0.2) is 0 Å². The van der Waals surface area contributed by atoms with Gasteiger partial charge in [-0.05, 0) is 24.3 Å². The maximum atomic E-state index is 11.9. The summed E-state index contributed by atoms with van der Waals surface area (Å²) >= 11 is 0. The van der Waals surface area contributed by atoms with Gasteiger partial charge in [-0.15, -0.1) is 0 Å². The van der Waals surface area contributed by atoms with Crippen molar-refractivity contribution in [1.82, 2.24) is 15.5 Å². The van der Waals surface area contributed by atoms with Crippen molar-refractivity contribution >= 4 is 17.7 Å². The van der Waals surface area contributed by atoms with Gasteiger partial charge in [-0.1, -0.05) is 0 Å². The van der Waals surface area contributed by atoms with Crippen LogP contribution in [0.4, 0.5) is 0 Å². The fourth-order valence-electron chi connectivity index (χ4n) is 1.80. The summed E-state index contributed by atoms with van der Waals surface area (Å²) in [6.07, 6.45) is 2.80. The van der Waals surface area contributed by atoms with Crippen LogP contribution >= 0.6 is 0 Å². The number of carbonyl (C=O) groups excluding carboxylic acids is 3. The van der Waals surface area contributed by atoms with E-state index >= 15 is 0 Å². The minimum atomic E-state index is -0.378. The number of nitrogens with zero attached hydrogens (tertiary/aromatic N) is 1. The van der Waals surface area contributed by atoms with Gasteiger partial charge in [0.05, 0.1) is 19.1 Å². The monoisotopic (exact) mass is 319 g/mol. The number of carbonyl (C=O) groups is 3. The number of furan rings is 2. The number of hydrogen-bond donors (Lipinski definition) is 2. The molecule has 0 spiro atoms. The molecule has 8 heteroatoms. The van der Waals surface area contributed by atoms with Gasteiger partial charge in [-0.3, -0.25) is 14.4 Å². The van der Waals surface area contributed by atoms with E-state index in [-0.39, 0.29) is 48.9 Å². The third-order valence-corrected chi connectivity index (χ3v) is 2.94. The molecule has 2 heterocycles. The Morgan fingerprint density at radius 1 is 1.00 bits per heavy atom. The molecule has 122 valence electrons. The average molecular weight is 319 g/mol. The van der Waals surface area contributed by atoms with Crippen molar-refractivity contribution in [3.63, 3.8) is 0 Å². The number of amides is 3. The van der Waals surface area contributed by atoms with E-state index < -0.39 is 0 Å². The zero-order valence-corrected chi connectivity index (χ0v) is 12.6. The van der Waals surface area contributed by atoms with Crippen LogP contribution in [0.2, 0.25) is 0 Å². The van der Waals surface area contributed by atoms with Gasteiger partial charge in [0.2, 0.25) is 5.91 Å². The third-order valence-electron chi connectivity index (χ3n) is 2.94. The quantitative estimate of drug-likeness (QED) is 0.723. The number of likely N-dealkylation sites (N-methyl/N-ethyl adjacent to an activating group) is 1. The Labute approximate surface area is 132 Å². The number of rotatable bonds is 7. The van der Waals surface area contributed by atoms with E-state index in [1.165, 1.54) is 30.5 Å². The maximum absolute atomic E-state index is 11.9. The van der Waals surface area contributed by atoms with Crippen molar-refractivity contribution in [2.24, 2.45) is 0 Å². The Morgan fingerprint density at radius 2 is 1.61 bits per heavy atom. The Kier molecular flexibility index (Phi) is 5.56. The van der Waals surface area contributed by atoms with Crippen LogP contribution in [0.25, 0.3) is 0 Å². The molecule has 0 saturated carbocycles. The molecule has 8 nitrogen and oxygen atoms in total. The van der Waals surface area contributed by atoms with Gasteiger partial charge in [-0.2, -0.15) is 0 Å². The van der Waals surface area contributed by atoms with Crippen molar-refractivity contribution in [1.29, 1.82) is 0 Å². The van der Waals surface area contributed by atoms with Crippen LogP contribution < -0.4 is 10.6 Å². The standard InChI is InChI=1S/C15H17N3O5/c1-18(15(21)12-5-3-9-23-12)10-13(19)16-6-7-17-14(20)11-4-2-8-22-11/h2-5,8-9H,6-7,10H2,1H3,(H,16,19)(H,17,20). The molecule has 0 atom stereocenters. The van der Waals surface area contributed by atoms with Gasteiger partial charge in [0.25, 0.3) is 11.8 Å². The first-order valence-corrected chi connectivity index (χ1v) is 6.95. The van der Waals surface area contributed by atoms with Gasteiger partial charge < -0.3 is 24.4 Å². The van der Waals surface area contributed by atoms with E-state index in [1.807, 2.05) is 0 Å². The topological polar surface area (TPSA) is 105 Å². The average Bonchev–Trinajstić information content (AvgIpc) is 3.23. The van der Waals surface area contributed by atoms with Crippen LogP contribution in [0.1, 0.15) is 21.1 Å². The first-order chi connectivity index (χ1) is 11.1. The minimum Gasteiger partial charge on any atom is -0.459 e. The largest absolute Gasteiger partial charge is 0.459 e. The smallest absolute Gasteiger partial charge is 0.289 e. The molecule has 0 aliphatic carbocycles. The molecule has 2 aromatic heterocycles. The molecule has 0 unspecified atom stereocenters. The Morgan fingerprint density at radius 3 is 2.22 bits per heavy atom. The molecule has 0 saturated heterocycles. The highest BCUT2D eigenvalue weighted by Crippen LogP contribution is 2.03. The molecule has 0 radical (unpaired) electrons. The van der Waals surface area contributed by atoms with E-state index in [4.69, 9.17) is 8.83 Å². The summed E-state index contributed by atoms with van der Waals surface area (Å²) in [5.41, 5.74) is 0. The highest BCUT2D eigenvalue weighted by Gasteiger charge is 2.16. The lowest BCUT2D eigenvalue weighted by molar-refractivity contribution is -0.121. The number of hydrogen-bond acceptors (Lipinski definition) is 5. The first-order valence-electron chi connectivity index (χ1n) is 6.95. The zero-order chi connectivity index (χ0) is 16.7. The molecular formula is C15H17N3O5. The van der Waals surface area contributed by atoms with Crippen LogP contribution in [0.15, 0.2) is 45.6 Å². The normalized spacial score (nSPS) is 10.1. The van der Waals surface area contributed by atoms with E-state index in [1.54, 1.807) is 18.2 Å². The van der Waals surface area contributed by atoms with E-state index in [0.717, 1.165) is 0 Å². The van der Waals surface area contributed by atoms with Crippen molar-refractivity contribution in [2.75, 3.05) is 26.7 Å². The Bertz CT molecular complexity index is 649. The summed E-state index contributed by atoms with van der Waals surface area (Å²) in [6, 6.07) is 6.29. The molecule has 0 aliphatic heterocycles. The summed E-state index contributed by atoms with van der Waals surface area (Å²) in [5.74, 6) is -0.684. The van der Waals surface area contributed by atoms with Gasteiger partial charge in [0, 0.05) is 20.1 Å². The van der Waals surface area contributed by atoms with Crippen molar-refractivity contribution in [3.05, 3.63) is 48.3 Å². The van der Waals surface area contributed by atoms with E-state index in [0.29, 0.717) is 0 Å². The fourth-order valence-corrected chi connectivity index (χ4v) is 1.80. The van der Waals surface area contributed by atoms with Crippen LogP contribution in [-0.4, -0.2) is 49.3 Å². The SMILES string of the molecule is CN(CC(=O)NCCNC(=O)c1ccco1)C(=O)c1ccco1. The second-order valence-electron chi connectivity index (χ2n) is 4.72. The molecule has 0 fully saturated rings. The third kappa shape index (κ3) is 4.73. The Hall–Kier alpha value is -3.03. The second kappa shape index (κ2) is 7.83. The molecule has 2 rings (SSSR count). The molecule has 0 aliphatic rings. The summed E-state index contributed by atoms with van der Waals surface area (Å²) in [5, 5.41) is 5.20. The Balaban J connectivity index is 1.65. The predicted octanol–water partition coefficient (Wildman–Crippen LogP) is 0.491.